The van der Waals surface area contributed by atoms with Crippen LogP contribution in [0.15, 0.2) is 36.0 Å². The van der Waals surface area contributed by atoms with Gasteiger partial charge in [-0.3, -0.25) is 4.90 Å². The van der Waals surface area contributed by atoms with Crippen molar-refractivity contribution >= 4 is 11.3 Å². The average Bonchev–Trinajstić information content (AvgIpc) is 3.37. The summed E-state index contributed by atoms with van der Waals surface area (Å²) < 4.78 is 21.8. The monoisotopic (exact) mass is 384 g/mol. The number of aryl methyl sites for hydroxylation is 1. The fraction of sp³-hybridized carbons (Fsp3) is 0.400. The predicted octanol–water partition coefficient (Wildman–Crippen LogP) is 3.63. The second-order valence-corrected chi connectivity index (χ2v) is 8.39. The van der Waals surface area contributed by atoms with E-state index < -0.39 is 0 Å². The molecule has 2 aliphatic heterocycles. The quantitative estimate of drug-likeness (QED) is 0.692. The minimum atomic E-state index is -0.221. The highest BCUT2D eigenvalue weighted by atomic mass is 32.1. The van der Waals surface area contributed by atoms with E-state index in [1.165, 1.54) is 17.0 Å². The maximum Gasteiger partial charge on any atom is 0.135 e. The molecule has 0 bridgehead atoms. The molecule has 3 aromatic rings. The Hall–Kier alpha value is -2.09. The third kappa shape index (κ3) is 3.09. The standard InChI is InChI=1S/C20H21FN4OS/c1-14-18(27-13-23-14)9-24-7-6-20(11-24)12-25-17(8-22-19(25)10-26-20)15-2-4-16(21)5-3-15/h2-5,8,13H,6-7,9-12H2,1H3. The molecule has 1 atom stereocenters. The van der Waals surface area contributed by atoms with E-state index in [-0.39, 0.29) is 11.4 Å². The topological polar surface area (TPSA) is 43.2 Å². The highest BCUT2D eigenvalue weighted by Gasteiger charge is 2.43. The molecule has 5 nitrogen and oxygen atoms in total. The molecule has 0 aliphatic carbocycles. The summed E-state index contributed by atoms with van der Waals surface area (Å²) in [6, 6.07) is 6.63. The summed E-state index contributed by atoms with van der Waals surface area (Å²) in [5, 5.41) is 0. The summed E-state index contributed by atoms with van der Waals surface area (Å²) >= 11 is 1.72. The molecular formula is C20H21FN4OS. The maximum absolute atomic E-state index is 13.3. The van der Waals surface area contributed by atoms with Crippen molar-refractivity contribution in [2.75, 3.05) is 13.1 Å². The number of halogens is 1. The van der Waals surface area contributed by atoms with Crippen LogP contribution in [-0.4, -0.2) is 38.1 Å². The molecule has 1 aromatic carbocycles. The van der Waals surface area contributed by atoms with Crippen molar-refractivity contribution in [2.24, 2.45) is 0 Å². The van der Waals surface area contributed by atoms with Gasteiger partial charge in [-0.15, -0.1) is 11.3 Å². The molecule has 7 heteroatoms. The molecule has 1 fully saturated rings. The van der Waals surface area contributed by atoms with Crippen molar-refractivity contribution in [2.45, 2.75) is 38.6 Å². The van der Waals surface area contributed by atoms with Gasteiger partial charge in [0.05, 0.1) is 29.6 Å². The summed E-state index contributed by atoms with van der Waals surface area (Å²) in [5.41, 5.74) is 4.88. The van der Waals surface area contributed by atoms with Crippen LogP contribution in [0.1, 0.15) is 22.8 Å². The molecule has 0 radical (unpaired) electrons. The number of likely N-dealkylation sites (tertiary alicyclic amines) is 1. The van der Waals surface area contributed by atoms with Gasteiger partial charge in [-0.1, -0.05) is 0 Å². The van der Waals surface area contributed by atoms with E-state index >= 15 is 0 Å². The number of nitrogens with zero attached hydrogens (tertiary/aromatic N) is 4. The average molecular weight is 384 g/mol. The zero-order chi connectivity index (χ0) is 18.4. The fourth-order valence-corrected chi connectivity index (χ4v) is 4.92. The van der Waals surface area contributed by atoms with Crippen LogP contribution in [-0.2, 0) is 24.4 Å². The van der Waals surface area contributed by atoms with Gasteiger partial charge in [-0.2, -0.15) is 0 Å². The minimum absolute atomic E-state index is 0.179. The van der Waals surface area contributed by atoms with E-state index in [0.717, 1.165) is 55.4 Å². The Morgan fingerprint density at radius 2 is 2.07 bits per heavy atom. The third-order valence-electron chi connectivity index (χ3n) is 5.64. The van der Waals surface area contributed by atoms with Gasteiger partial charge in [0.25, 0.3) is 0 Å². The number of fused-ring (bicyclic) bond motifs is 1. The molecular weight excluding hydrogens is 363 g/mol. The Balaban J connectivity index is 1.37. The van der Waals surface area contributed by atoms with Gasteiger partial charge in [-0.25, -0.2) is 14.4 Å². The molecule has 5 rings (SSSR count). The lowest BCUT2D eigenvalue weighted by Crippen LogP contribution is -2.44. The van der Waals surface area contributed by atoms with Crippen molar-refractivity contribution < 1.29 is 9.13 Å². The van der Waals surface area contributed by atoms with Gasteiger partial charge in [0, 0.05) is 24.5 Å². The van der Waals surface area contributed by atoms with Gasteiger partial charge < -0.3 is 9.30 Å². The predicted molar refractivity (Wildman–Crippen MR) is 102 cm³/mol. The van der Waals surface area contributed by atoms with Crippen LogP contribution < -0.4 is 0 Å². The summed E-state index contributed by atoms with van der Waals surface area (Å²) in [6.45, 7) is 6.24. The van der Waals surface area contributed by atoms with Crippen LogP contribution in [0.3, 0.4) is 0 Å². The van der Waals surface area contributed by atoms with E-state index in [4.69, 9.17) is 4.74 Å². The number of thiazole rings is 1. The van der Waals surface area contributed by atoms with E-state index in [1.807, 2.05) is 23.8 Å². The summed E-state index contributed by atoms with van der Waals surface area (Å²) in [6.07, 6.45) is 2.88. The van der Waals surface area contributed by atoms with Crippen LogP contribution in [0.2, 0.25) is 0 Å². The van der Waals surface area contributed by atoms with E-state index in [1.54, 1.807) is 11.3 Å². The SMILES string of the molecule is Cc1ncsc1CN1CCC2(C1)Cn1c(-c3ccc(F)cc3)cnc1CO2. The fourth-order valence-electron chi connectivity index (χ4n) is 4.10. The molecule has 1 unspecified atom stereocenters. The lowest BCUT2D eigenvalue weighted by atomic mass is 10.0. The largest absolute Gasteiger partial charge is 0.364 e. The highest BCUT2D eigenvalue weighted by molar-refractivity contribution is 7.09. The zero-order valence-electron chi connectivity index (χ0n) is 15.2. The van der Waals surface area contributed by atoms with Crippen LogP contribution in [0, 0.1) is 12.7 Å². The molecule has 140 valence electrons. The molecule has 0 N–H and O–H groups in total. The Morgan fingerprint density at radius 3 is 2.85 bits per heavy atom. The number of ether oxygens (including phenoxy) is 1. The number of imidazole rings is 1. The Bertz CT molecular complexity index is 967. The molecule has 2 aliphatic rings. The maximum atomic E-state index is 13.3. The van der Waals surface area contributed by atoms with Crippen LogP contribution in [0.25, 0.3) is 11.3 Å². The van der Waals surface area contributed by atoms with Gasteiger partial charge in [0.2, 0.25) is 0 Å². The van der Waals surface area contributed by atoms with Crippen molar-refractivity contribution in [3.63, 3.8) is 0 Å². The first-order valence-electron chi connectivity index (χ1n) is 9.18. The lowest BCUT2D eigenvalue weighted by molar-refractivity contribution is -0.0821. The number of hydrogen-bond donors (Lipinski definition) is 0. The molecule has 4 heterocycles. The zero-order valence-corrected chi connectivity index (χ0v) is 16.0. The molecule has 0 saturated carbocycles. The second kappa shape index (κ2) is 6.51. The van der Waals surface area contributed by atoms with E-state index in [9.17, 15) is 4.39 Å². The van der Waals surface area contributed by atoms with Gasteiger partial charge in [-0.05, 0) is 43.2 Å². The third-order valence-corrected chi connectivity index (χ3v) is 6.56. The smallest absolute Gasteiger partial charge is 0.135 e. The van der Waals surface area contributed by atoms with Crippen molar-refractivity contribution in [1.82, 2.24) is 19.4 Å². The Morgan fingerprint density at radius 1 is 1.22 bits per heavy atom. The Labute approximate surface area is 161 Å². The lowest BCUT2D eigenvalue weighted by Gasteiger charge is -2.35. The summed E-state index contributed by atoms with van der Waals surface area (Å²) in [4.78, 5) is 12.7. The highest BCUT2D eigenvalue weighted by Crippen LogP contribution is 2.36. The first-order valence-corrected chi connectivity index (χ1v) is 10.1. The van der Waals surface area contributed by atoms with Crippen molar-refractivity contribution in [3.05, 3.63) is 58.2 Å². The summed E-state index contributed by atoms with van der Waals surface area (Å²) in [7, 11) is 0. The van der Waals surface area contributed by atoms with Crippen molar-refractivity contribution in [3.8, 4) is 11.3 Å². The number of aromatic nitrogens is 3. The van der Waals surface area contributed by atoms with Crippen LogP contribution in [0.5, 0.6) is 0 Å². The number of benzene rings is 1. The minimum Gasteiger partial charge on any atom is -0.364 e. The summed E-state index contributed by atoms with van der Waals surface area (Å²) in [5.74, 6) is 0.721. The van der Waals surface area contributed by atoms with Gasteiger partial charge >= 0.3 is 0 Å². The molecule has 1 spiro atoms. The number of rotatable bonds is 3. The van der Waals surface area contributed by atoms with E-state index in [0.29, 0.717) is 6.61 Å². The van der Waals surface area contributed by atoms with Crippen LogP contribution in [0.4, 0.5) is 4.39 Å². The second-order valence-electron chi connectivity index (χ2n) is 7.45. The van der Waals surface area contributed by atoms with Crippen LogP contribution >= 0.6 is 11.3 Å². The van der Waals surface area contributed by atoms with Gasteiger partial charge in [0.1, 0.15) is 23.8 Å². The van der Waals surface area contributed by atoms with Gasteiger partial charge in [0.15, 0.2) is 0 Å². The van der Waals surface area contributed by atoms with E-state index in [2.05, 4.69) is 26.4 Å². The molecule has 2 aromatic heterocycles. The number of hydrogen-bond acceptors (Lipinski definition) is 5. The molecule has 0 amide bonds. The Kier molecular flexibility index (Phi) is 4.11. The first-order chi connectivity index (χ1) is 13.1. The molecule has 1 saturated heterocycles. The normalized spacial score (nSPS) is 22.4. The molecule has 27 heavy (non-hydrogen) atoms. The first kappa shape index (κ1) is 17.0. The van der Waals surface area contributed by atoms with Crippen molar-refractivity contribution in [1.29, 1.82) is 0 Å².